The van der Waals surface area contributed by atoms with E-state index in [9.17, 15) is 14.9 Å². The van der Waals surface area contributed by atoms with Crippen LogP contribution in [0.1, 0.15) is 10.4 Å². The minimum absolute atomic E-state index is 0.0269. The summed E-state index contributed by atoms with van der Waals surface area (Å²) in [5.74, 6) is 0. The van der Waals surface area contributed by atoms with Gasteiger partial charge in [-0.1, -0.05) is 24.3 Å². The fraction of sp³-hybridized carbons (Fsp3) is 0.0588. The SMILES string of the molecule is O=C(Nc1ccc([N+](=O)[O-])cc1)Nc1nc2c(s1)Cc1ccccc1-2. The first-order chi connectivity index (χ1) is 12.1. The number of benzene rings is 2. The van der Waals surface area contributed by atoms with Crippen molar-refractivity contribution in [1.29, 1.82) is 0 Å². The molecule has 0 spiro atoms. The van der Waals surface area contributed by atoms with Gasteiger partial charge in [-0.05, 0) is 17.7 Å². The molecular formula is C17H12N4O3S. The average molecular weight is 352 g/mol. The van der Waals surface area contributed by atoms with Crippen molar-refractivity contribution in [2.75, 3.05) is 10.6 Å². The lowest BCUT2D eigenvalue weighted by Crippen LogP contribution is -2.19. The second kappa shape index (κ2) is 5.99. The van der Waals surface area contributed by atoms with Crippen LogP contribution in [0, 0.1) is 10.1 Å². The molecule has 2 N–H and O–H groups in total. The van der Waals surface area contributed by atoms with Gasteiger partial charge in [0.1, 0.15) is 0 Å². The number of fused-ring (bicyclic) bond motifs is 3. The molecule has 0 saturated carbocycles. The number of nitrogens with zero attached hydrogens (tertiary/aromatic N) is 2. The normalized spacial score (nSPS) is 11.5. The highest BCUT2D eigenvalue weighted by Gasteiger charge is 2.23. The molecule has 0 bridgehead atoms. The van der Waals surface area contributed by atoms with Crippen LogP contribution < -0.4 is 10.6 Å². The number of carbonyl (C=O) groups excluding carboxylic acids is 1. The number of amides is 2. The predicted molar refractivity (Wildman–Crippen MR) is 96.1 cm³/mol. The standard InChI is InChI=1S/C17H12N4O3S/c22-16(18-11-5-7-12(8-6-11)21(23)24)20-17-19-15-13-4-2-1-3-10(13)9-14(15)25-17/h1-8H,9H2,(H2,18,19,20,22). The van der Waals surface area contributed by atoms with E-state index >= 15 is 0 Å². The van der Waals surface area contributed by atoms with E-state index < -0.39 is 11.0 Å². The van der Waals surface area contributed by atoms with Crippen LogP contribution >= 0.6 is 11.3 Å². The van der Waals surface area contributed by atoms with E-state index in [2.05, 4.69) is 21.7 Å². The molecule has 0 saturated heterocycles. The van der Waals surface area contributed by atoms with Gasteiger partial charge in [0.25, 0.3) is 5.69 Å². The average Bonchev–Trinajstić information content (AvgIpc) is 3.12. The molecule has 0 unspecified atom stereocenters. The second-order valence-electron chi connectivity index (χ2n) is 5.51. The highest BCUT2D eigenvalue weighted by Crippen LogP contribution is 2.40. The van der Waals surface area contributed by atoms with Crippen molar-refractivity contribution in [2.45, 2.75) is 6.42 Å². The molecule has 1 aromatic heterocycles. The number of nitrogens with one attached hydrogen (secondary N) is 2. The Morgan fingerprint density at radius 2 is 1.88 bits per heavy atom. The molecule has 0 atom stereocenters. The first kappa shape index (κ1) is 15.3. The minimum Gasteiger partial charge on any atom is -0.308 e. The molecule has 8 heteroatoms. The van der Waals surface area contributed by atoms with Crippen LogP contribution in [-0.2, 0) is 6.42 Å². The van der Waals surface area contributed by atoms with Gasteiger partial charge in [-0.2, -0.15) is 0 Å². The van der Waals surface area contributed by atoms with E-state index in [1.54, 1.807) is 0 Å². The fourth-order valence-electron chi connectivity index (χ4n) is 2.74. The summed E-state index contributed by atoms with van der Waals surface area (Å²) < 4.78 is 0. The van der Waals surface area contributed by atoms with Crippen LogP contribution in [0.4, 0.5) is 21.3 Å². The van der Waals surface area contributed by atoms with Crippen LogP contribution in [0.5, 0.6) is 0 Å². The van der Waals surface area contributed by atoms with Gasteiger partial charge in [-0.25, -0.2) is 9.78 Å². The minimum atomic E-state index is -0.487. The summed E-state index contributed by atoms with van der Waals surface area (Å²) in [6.45, 7) is 0. The number of thiazole rings is 1. The lowest BCUT2D eigenvalue weighted by molar-refractivity contribution is -0.384. The van der Waals surface area contributed by atoms with Gasteiger partial charge in [0.2, 0.25) is 0 Å². The summed E-state index contributed by atoms with van der Waals surface area (Å²) >= 11 is 1.45. The number of non-ortho nitro benzene ring substituents is 1. The summed E-state index contributed by atoms with van der Waals surface area (Å²) in [6.07, 6.45) is 0.828. The van der Waals surface area contributed by atoms with Gasteiger partial charge in [-0.3, -0.25) is 15.4 Å². The maximum absolute atomic E-state index is 12.1. The number of anilines is 2. The Hall–Kier alpha value is -3.26. The second-order valence-corrected chi connectivity index (χ2v) is 6.59. The molecule has 2 amide bonds. The number of rotatable bonds is 3. The number of hydrogen-bond donors (Lipinski definition) is 2. The molecule has 0 radical (unpaired) electrons. The van der Waals surface area contributed by atoms with Crippen molar-refractivity contribution in [3.63, 3.8) is 0 Å². The number of aromatic nitrogens is 1. The van der Waals surface area contributed by atoms with Gasteiger partial charge in [0.05, 0.1) is 10.6 Å². The maximum atomic E-state index is 12.1. The topological polar surface area (TPSA) is 97.2 Å². The summed E-state index contributed by atoms with van der Waals surface area (Å²) in [6, 6.07) is 13.3. The van der Waals surface area contributed by atoms with Gasteiger partial charge in [0.15, 0.2) is 5.13 Å². The summed E-state index contributed by atoms with van der Waals surface area (Å²) in [7, 11) is 0. The van der Waals surface area contributed by atoms with Crippen molar-refractivity contribution >= 4 is 33.9 Å². The fourth-order valence-corrected chi connectivity index (χ4v) is 3.73. The largest absolute Gasteiger partial charge is 0.325 e. The number of nitro benzene ring substituents is 1. The van der Waals surface area contributed by atoms with Crippen molar-refractivity contribution in [3.05, 3.63) is 69.1 Å². The zero-order valence-corrected chi connectivity index (χ0v) is 13.7. The summed E-state index contributed by atoms with van der Waals surface area (Å²) in [5.41, 5.74) is 3.72. The van der Waals surface area contributed by atoms with Gasteiger partial charge in [-0.15, -0.1) is 11.3 Å². The highest BCUT2D eigenvalue weighted by atomic mass is 32.1. The number of nitro groups is 1. The smallest absolute Gasteiger partial charge is 0.308 e. The quantitative estimate of drug-likeness (QED) is 0.425. The molecule has 7 nitrogen and oxygen atoms in total. The third kappa shape index (κ3) is 2.94. The Kier molecular flexibility index (Phi) is 3.66. The molecule has 0 fully saturated rings. The maximum Gasteiger partial charge on any atom is 0.325 e. The third-order valence-electron chi connectivity index (χ3n) is 3.88. The summed E-state index contributed by atoms with van der Waals surface area (Å²) in [5, 5.41) is 16.5. The highest BCUT2D eigenvalue weighted by molar-refractivity contribution is 7.16. The van der Waals surface area contributed by atoms with E-state index in [1.807, 2.05) is 18.2 Å². The Balaban J connectivity index is 1.45. The number of carbonyl (C=O) groups is 1. The monoisotopic (exact) mass is 352 g/mol. The number of urea groups is 1. The molecular weight excluding hydrogens is 340 g/mol. The van der Waals surface area contributed by atoms with Crippen LogP contribution in [0.3, 0.4) is 0 Å². The molecule has 4 rings (SSSR count). The van der Waals surface area contributed by atoms with Gasteiger partial charge in [0, 0.05) is 34.7 Å². The Labute approximate surface area is 146 Å². The van der Waals surface area contributed by atoms with E-state index in [-0.39, 0.29) is 5.69 Å². The van der Waals surface area contributed by atoms with Gasteiger partial charge < -0.3 is 5.32 Å². The molecule has 124 valence electrons. The molecule has 3 aromatic rings. The molecule has 1 aliphatic rings. The predicted octanol–water partition coefficient (Wildman–Crippen LogP) is 4.27. The van der Waals surface area contributed by atoms with Crippen molar-refractivity contribution < 1.29 is 9.72 Å². The van der Waals surface area contributed by atoms with E-state index in [4.69, 9.17) is 0 Å². The zero-order valence-electron chi connectivity index (χ0n) is 12.9. The first-order valence-electron chi connectivity index (χ1n) is 7.50. The van der Waals surface area contributed by atoms with Crippen molar-refractivity contribution in [2.24, 2.45) is 0 Å². The molecule has 1 heterocycles. The molecule has 0 aliphatic heterocycles. The Bertz CT molecular complexity index is 982. The lowest BCUT2D eigenvalue weighted by atomic mass is 10.1. The van der Waals surface area contributed by atoms with Crippen molar-refractivity contribution in [1.82, 2.24) is 4.98 Å². The first-order valence-corrected chi connectivity index (χ1v) is 8.32. The third-order valence-corrected chi connectivity index (χ3v) is 4.85. The van der Waals surface area contributed by atoms with Gasteiger partial charge >= 0.3 is 6.03 Å². The Morgan fingerprint density at radius 3 is 2.64 bits per heavy atom. The van der Waals surface area contributed by atoms with E-state index in [0.717, 1.165) is 22.6 Å². The van der Waals surface area contributed by atoms with Crippen molar-refractivity contribution in [3.8, 4) is 11.3 Å². The van der Waals surface area contributed by atoms with Crippen LogP contribution in [-0.4, -0.2) is 15.9 Å². The van der Waals surface area contributed by atoms with E-state index in [0.29, 0.717) is 10.8 Å². The van der Waals surface area contributed by atoms with Crippen LogP contribution in [0.2, 0.25) is 0 Å². The summed E-state index contributed by atoms with van der Waals surface area (Å²) in [4.78, 5) is 27.9. The Morgan fingerprint density at radius 1 is 1.12 bits per heavy atom. The number of hydrogen-bond acceptors (Lipinski definition) is 5. The van der Waals surface area contributed by atoms with Crippen LogP contribution in [0.15, 0.2) is 48.5 Å². The lowest BCUT2D eigenvalue weighted by Gasteiger charge is -2.05. The zero-order chi connectivity index (χ0) is 17.4. The molecule has 1 aliphatic carbocycles. The van der Waals surface area contributed by atoms with Crippen LogP contribution in [0.25, 0.3) is 11.3 Å². The molecule has 25 heavy (non-hydrogen) atoms. The van der Waals surface area contributed by atoms with E-state index in [1.165, 1.54) is 41.2 Å². The molecule has 2 aromatic carbocycles.